The first-order valence-electron chi connectivity index (χ1n) is 10.7. The largest absolute Gasteiger partial charge is 0.375 e. The van der Waals surface area contributed by atoms with Gasteiger partial charge in [-0.1, -0.05) is 18.2 Å². The molecule has 164 valence electrons. The van der Waals surface area contributed by atoms with E-state index in [1.165, 1.54) is 13.2 Å². The molecule has 1 fully saturated rings. The molecule has 4 rings (SSSR count). The number of benzene rings is 1. The van der Waals surface area contributed by atoms with Crippen molar-refractivity contribution in [1.29, 1.82) is 0 Å². The van der Waals surface area contributed by atoms with Gasteiger partial charge in [0.15, 0.2) is 0 Å². The van der Waals surface area contributed by atoms with Crippen molar-refractivity contribution in [3.8, 4) is 0 Å². The number of ether oxygens (including phenoxy) is 1. The van der Waals surface area contributed by atoms with E-state index < -0.39 is 0 Å². The first kappa shape index (κ1) is 21.4. The molecule has 2 aromatic rings. The van der Waals surface area contributed by atoms with E-state index in [0.29, 0.717) is 43.1 Å². The Bertz CT molecular complexity index is 997. The Morgan fingerprint density at radius 3 is 2.84 bits per heavy atom. The maximum absolute atomic E-state index is 14.3. The second-order valence-corrected chi connectivity index (χ2v) is 8.15. The molecule has 0 N–H and O–H groups in total. The number of hydrogen-bond acceptors (Lipinski definition) is 5. The molecule has 0 radical (unpaired) electrons. The normalized spacial score (nSPS) is 18.8. The summed E-state index contributed by atoms with van der Waals surface area (Å²) < 4.78 is 19.2. The first-order chi connectivity index (χ1) is 15.0. The Morgan fingerprint density at radius 2 is 2.06 bits per heavy atom. The van der Waals surface area contributed by atoms with Crippen molar-refractivity contribution in [3.05, 3.63) is 52.7 Å². The fraction of sp³-hybridized carbons (Fsp3) is 0.478. The molecule has 0 bridgehead atoms. The highest BCUT2D eigenvalue weighted by atomic mass is 19.1. The lowest BCUT2D eigenvalue weighted by Crippen LogP contribution is -2.41. The van der Waals surface area contributed by atoms with Crippen LogP contribution in [0.3, 0.4) is 0 Å². The van der Waals surface area contributed by atoms with Crippen LogP contribution in [0.4, 0.5) is 10.2 Å². The van der Waals surface area contributed by atoms with Crippen LogP contribution >= 0.6 is 0 Å². The number of hydrogen-bond donors (Lipinski definition) is 0. The van der Waals surface area contributed by atoms with E-state index >= 15 is 0 Å². The highest BCUT2D eigenvalue weighted by molar-refractivity contribution is 5.95. The molecular formula is C23H27FN4O3. The highest BCUT2D eigenvalue weighted by Crippen LogP contribution is 2.33. The predicted molar refractivity (Wildman–Crippen MR) is 113 cm³/mol. The molecule has 2 aliphatic heterocycles. The Balaban J connectivity index is 1.65. The van der Waals surface area contributed by atoms with Gasteiger partial charge in [-0.2, -0.15) is 0 Å². The molecule has 1 aromatic heterocycles. The van der Waals surface area contributed by atoms with Crippen LogP contribution in [0, 0.1) is 12.7 Å². The number of halogens is 1. The SMILES string of the molecule is COCC(=O)N1CCC[C@H](c2nc(C)c3c(n2)N(Cc2ccccc2F)C(=O)CC3)C1. The summed E-state index contributed by atoms with van der Waals surface area (Å²) in [6, 6.07) is 6.48. The Hall–Kier alpha value is -2.87. The fourth-order valence-corrected chi connectivity index (χ4v) is 4.37. The number of carbonyl (C=O) groups excluding carboxylic acids is 2. The molecule has 1 atom stereocenters. The summed E-state index contributed by atoms with van der Waals surface area (Å²) in [5.74, 6) is 0.749. The Morgan fingerprint density at radius 1 is 1.26 bits per heavy atom. The van der Waals surface area contributed by atoms with Crippen molar-refractivity contribution in [2.24, 2.45) is 0 Å². The van der Waals surface area contributed by atoms with E-state index in [9.17, 15) is 14.0 Å². The molecule has 0 spiro atoms. The molecule has 0 aliphatic carbocycles. The molecule has 2 aliphatic rings. The lowest BCUT2D eigenvalue weighted by molar-refractivity contribution is -0.136. The zero-order valence-corrected chi connectivity index (χ0v) is 17.9. The summed E-state index contributed by atoms with van der Waals surface area (Å²) >= 11 is 0. The van der Waals surface area contributed by atoms with E-state index in [1.54, 1.807) is 28.0 Å². The minimum Gasteiger partial charge on any atom is -0.375 e. The van der Waals surface area contributed by atoms with Gasteiger partial charge in [-0.3, -0.25) is 14.5 Å². The van der Waals surface area contributed by atoms with E-state index in [4.69, 9.17) is 14.7 Å². The summed E-state index contributed by atoms with van der Waals surface area (Å²) in [6.07, 6.45) is 2.67. The van der Waals surface area contributed by atoms with Gasteiger partial charge in [-0.25, -0.2) is 14.4 Å². The summed E-state index contributed by atoms with van der Waals surface area (Å²) in [6.45, 7) is 3.35. The van der Waals surface area contributed by atoms with Crippen LogP contribution < -0.4 is 4.90 Å². The zero-order chi connectivity index (χ0) is 22.0. The predicted octanol–water partition coefficient (Wildman–Crippen LogP) is 2.76. The number of nitrogens with zero attached hydrogens (tertiary/aromatic N) is 4. The minimum atomic E-state index is -0.340. The van der Waals surface area contributed by atoms with Gasteiger partial charge in [0.05, 0.1) is 6.54 Å². The van der Waals surface area contributed by atoms with Crippen LogP contribution in [0.1, 0.15) is 47.8 Å². The zero-order valence-electron chi connectivity index (χ0n) is 17.9. The number of rotatable bonds is 5. The average molecular weight is 426 g/mol. The molecule has 1 aromatic carbocycles. The topological polar surface area (TPSA) is 75.6 Å². The number of piperidine rings is 1. The second-order valence-electron chi connectivity index (χ2n) is 8.15. The van der Waals surface area contributed by atoms with Crippen LogP contribution in [0.25, 0.3) is 0 Å². The monoisotopic (exact) mass is 426 g/mol. The van der Waals surface area contributed by atoms with Gasteiger partial charge in [-0.05, 0) is 32.3 Å². The van der Waals surface area contributed by atoms with Gasteiger partial charge in [0.2, 0.25) is 11.8 Å². The van der Waals surface area contributed by atoms with Crippen LogP contribution in [0.5, 0.6) is 0 Å². The molecule has 8 heteroatoms. The van der Waals surface area contributed by atoms with Crippen LogP contribution in [-0.4, -0.2) is 53.5 Å². The third-order valence-corrected chi connectivity index (χ3v) is 6.05. The molecule has 2 amide bonds. The lowest BCUT2D eigenvalue weighted by Gasteiger charge is -2.34. The molecular weight excluding hydrogens is 399 g/mol. The Kier molecular flexibility index (Phi) is 6.27. The molecule has 0 unspecified atom stereocenters. The van der Waals surface area contributed by atoms with Crippen molar-refractivity contribution in [1.82, 2.24) is 14.9 Å². The van der Waals surface area contributed by atoms with Crippen LogP contribution in [-0.2, 0) is 27.3 Å². The second kappa shape index (κ2) is 9.09. The van der Waals surface area contributed by atoms with Gasteiger partial charge in [0.1, 0.15) is 24.1 Å². The van der Waals surface area contributed by atoms with E-state index in [2.05, 4.69) is 0 Å². The summed E-state index contributed by atoms with van der Waals surface area (Å²) in [7, 11) is 1.51. The number of likely N-dealkylation sites (tertiary alicyclic amines) is 1. The van der Waals surface area contributed by atoms with Crippen molar-refractivity contribution >= 4 is 17.6 Å². The molecule has 31 heavy (non-hydrogen) atoms. The third kappa shape index (κ3) is 4.44. The van der Waals surface area contributed by atoms with Crippen LogP contribution in [0.15, 0.2) is 24.3 Å². The average Bonchev–Trinajstić information content (AvgIpc) is 2.77. The minimum absolute atomic E-state index is 0.00843. The molecule has 1 saturated heterocycles. The van der Waals surface area contributed by atoms with Gasteiger partial charge in [0, 0.05) is 49.4 Å². The van der Waals surface area contributed by atoms with E-state index in [-0.39, 0.29) is 36.7 Å². The Labute approximate surface area is 181 Å². The first-order valence-corrected chi connectivity index (χ1v) is 10.7. The van der Waals surface area contributed by atoms with E-state index in [0.717, 1.165) is 24.1 Å². The van der Waals surface area contributed by atoms with Gasteiger partial charge in [-0.15, -0.1) is 0 Å². The number of fused-ring (bicyclic) bond motifs is 1. The number of aryl methyl sites for hydroxylation is 1. The number of carbonyl (C=O) groups is 2. The molecule has 0 saturated carbocycles. The maximum atomic E-state index is 14.3. The summed E-state index contributed by atoms with van der Waals surface area (Å²) in [5, 5.41) is 0. The number of amides is 2. The summed E-state index contributed by atoms with van der Waals surface area (Å²) in [4.78, 5) is 37.9. The fourth-order valence-electron chi connectivity index (χ4n) is 4.37. The van der Waals surface area contributed by atoms with Crippen molar-refractivity contribution < 1.29 is 18.7 Å². The van der Waals surface area contributed by atoms with Crippen molar-refractivity contribution in [2.45, 2.75) is 45.1 Å². The summed E-state index contributed by atoms with van der Waals surface area (Å²) in [5.41, 5.74) is 2.23. The highest BCUT2D eigenvalue weighted by Gasteiger charge is 2.32. The quantitative estimate of drug-likeness (QED) is 0.735. The number of aromatic nitrogens is 2. The maximum Gasteiger partial charge on any atom is 0.248 e. The molecule has 7 nitrogen and oxygen atoms in total. The van der Waals surface area contributed by atoms with Gasteiger partial charge < -0.3 is 9.64 Å². The standard InChI is InChI=1S/C23H27FN4O3/c1-15-18-9-10-20(29)28(13-16-6-3-4-8-19(16)24)23(18)26-22(25-15)17-7-5-11-27(12-17)21(30)14-31-2/h3-4,6,8,17H,5,7,9-14H2,1-2H3/t17-/m0/s1. The van der Waals surface area contributed by atoms with Gasteiger partial charge in [0.25, 0.3) is 0 Å². The number of anilines is 1. The van der Waals surface area contributed by atoms with Gasteiger partial charge >= 0.3 is 0 Å². The lowest BCUT2D eigenvalue weighted by atomic mass is 9.95. The number of methoxy groups -OCH3 is 1. The smallest absolute Gasteiger partial charge is 0.248 e. The van der Waals surface area contributed by atoms with Crippen molar-refractivity contribution in [2.75, 3.05) is 31.7 Å². The molecule has 3 heterocycles. The van der Waals surface area contributed by atoms with Crippen LogP contribution in [0.2, 0.25) is 0 Å². The third-order valence-electron chi connectivity index (χ3n) is 6.05. The van der Waals surface area contributed by atoms with Crippen molar-refractivity contribution in [3.63, 3.8) is 0 Å². The van der Waals surface area contributed by atoms with E-state index in [1.807, 2.05) is 6.92 Å².